The van der Waals surface area contributed by atoms with Gasteiger partial charge in [0.15, 0.2) is 0 Å². The topological polar surface area (TPSA) is 75.4 Å². The van der Waals surface area contributed by atoms with Gasteiger partial charge in [-0.2, -0.15) is 0 Å². The highest BCUT2D eigenvalue weighted by Gasteiger charge is 2.42. The Bertz CT molecular complexity index is 372. The maximum Gasteiger partial charge on any atom is 0.242 e. The normalized spacial score (nSPS) is 35.2. The molecule has 0 spiro atoms. The number of nitrogens with zero attached hydrogens (tertiary/aromatic N) is 1. The first kappa shape index (κ1) is 14.3. The fourth-order valence-electron chi connectivity index (χ4n) is 3.45. The summed E-state index contributed by atoms with van der Waals surface area (Å²) in [6.45, 7) is 4.98. The van der Waals surface area contributed by atoms with Crippen molar-refractivity contribution in [2.45, 2.75) is 57.5 Å². The smallest absolute Gasteiger partial charge is 0.242 e. The highest BCUT2D eigenvalue weighted by molar-refractivity contribution is 5.86. The van der Waals surface area contributed by atoms with Gasteiger partial charge >= 0.3 is 0 Å². The van der Waals surface area contributed by atoms with E-state index in [4.69, 9.17) is 5.73 Å². The van der Waals surface area contributed by atoms with Crippen LogP contribution in [0.25, 0.3) is 0 Å². The van der Waals surface area contributed by atoms with Crippen LogP contribution in [0.2, 0.25) is 0 Å². The van der Waals surface area contributed by atoms with Crippen LogP contribution in [0.3, 0.4) is 0 Å². The van der Waals surface area contributed by atoms with Crippen molar-refractivity contribution in [1.29, 1.82) is 0 Å². The lowest BCUT2D eigenvalue weighted by Crippen LogP contribution is -2.57. The summed E-state index contributed by atoms with van der Waals surface area (Å²) in [5, 5.41) is 2.88. The molecule has 5 nitrogen and oxygen atoms in total. The lowest BCUT2D eigenvalue weighted by molar-refractivity contribution is -0.138. The maximum atomic E-state index is 12.6. The largest absolute Gasteiger partial charge is 0.352 e. The number of carbonyl (C=O) groups excluding carboxylic acids is 2. The van der Waals surface area contributed by atoms with Gasteiger partial charge in [-0.15, -0.1) is 0 Å². The van der Waals surface area contributed by atoms with E-state index in [0.29, 0.717) is 19.0 Å². The molecule has 0 aromatic rings. The predicted octanol–water partition coefficient (Wildman–Crippen LogP) is 0.631. The van der Waals surface area contributed by atoms with E-state index in [9.17, 15) is 9.59 Å². The van der Waals surface area contributed by atoms with Crippen LogP contribution in [-0.2, 0) is 9.59 Å². The Morgan fingerprint density at radius 1 is 1.37 bits per heavy atom. The summed E-state index contributed by atoms with van der Waals surface area (Å²) in [6, 6.07) is 0.0889. The van der Waals surface area contributed by atoms with Gasteiger partial charge in [0.25, 0.3) is 0 Å². The van der Waals surface area contributed by atoms with Crippen LogP contribution in [0.5, 0.6) is 0 Å². The summed E-state index contributed by atoms with van der Waals surface area (Å²) < 4.78 is 0. The van der Waals surface area contributed by atoms with Crippen LogP contribution in [-0.4, -0.2) is 41.4 Å². The minimum absolute atomic E-state index is 0.0342. The molecule has 19 heavy (non-hydrogen) atoms. The van der Waals surface area contributed by atoms with Gasteiger partial charge in [-0.05, 0) is 25.2 Å². The molecule has 0 aromatic carbocycles. The van der Waals surface area contributed by atoms with Crippen LogP contribution in [0.15, 0.2) is 0 Å². The van der Waals surface area contributed by atoms with E-state index < -0.39 is 5.54 Å². The zero-order valence-electron chi connectivity index (χ0n) is 11.9. The summed E-state index contributed by atoms with van der Waals surface area (Å²) >= 11 is 0. The second kappa shape index (κ2) is 5.49. The van der Waals surface area contributed by atoms with Crippen molar-refractivity contribution in [3.8, 4) is 0 Å². The fraction of sp³-hybridized carbons (Fsp3) is 0.857. The van der Waals surface area contributed by atoms with E-state index in [1.54, 1.807) is 0 Å². The highest BCUT2D eigenvalue weighted by atomic mass is 16.2. The van der Waals surface area contributed by atoms with Crippen molar-refractivity contribution in [2.75, 3.05) is 13.1 Å². The SMILES string of the molecule is CC(=O)NC1CCN(C(=O)C2(N)CCCC(C)C2)C1. The standard InChI is InChI=1S/C14H25N3O2/c1-10-4-3-6-14(15,8-10)13(19)17-7-5-12(9-17)16-11(2)18/h10,12H,3-9,15H2,1-2H3,(H,16,18). The molecule has 3 N–H and O–H groups in total. The average molecular weight is 267 g/mol. The third kappa shape index (κ3) is 3.26. The summed E-state index contributed by atoms with van der Waals surface area (Å²) in [5.41, 5.74) is 5.66. The second-order valence-corrected chi connectivity index (χ2v) is 6.29. The van der Waals surface area contributed by atoms with Crippen molar-refractivity contribution in [3.63, 3.8) is 0 Å². The molecule has 1 saturated carbocycles. The van der Waals surface area contributed by atoms with Gasteiger partial charge in [0.2, 0.25) is 11.8 Å². The van der Waals surface area contributed by atoms with E-state index in [0.717, 1.165) is 25.7 Å². The van der Waals surface area contributed by atoms with Gasteiger partial charge < -0.3 is 16.0 Å². The quantitative estimate of drug-likeness (QED) is 0.770. The lowest BCUT2D eigenvalue weighted by Gasteiger charge is -2.38. The first-order valence-corrected chi connectivity index (χ1v) is 7.26. The summed E-state index contributed by atoms with van der Waals surface area (Å²) in [5.74, 6) is 0.566. The third-order valence-electron chi connectivity index (χ3n) is 4.34. The summed E-state index contributed by atoms with van der Waals surface area (Å²) in [7, 11) is 0. The van der Waals surface area contributed by atoms with Crippen LogP contribution >= 0.6 is 0 Å². The van der Waals surface area contributed by atoms with Gasteiger partial charge in [-0.25, -0.2) is 0 Å². The minimum Gasteiger partial charge on any atom is -0.352 e. The van der Waals surface area contributed by atoms with Gasteiger partial charge in [-0.3, -0.25) is 9.59 Å². The molecule has 1 heterocycles. The number of amides is 2. The van der Waals surface area contributed by atoms with Gasteiger partial charge in [0.05, 0.1) is 5.54 Å². The zero-order valence-corrected chi connectivity index (χ0v) is 11.9. The molecule has 3 unspecified atom stereocenters. The Hall–Kier alpha value is -1.10. The Balaban J connectivity index is 1.95. The van der Waals surface area contributed by atoms with E-state index in [1.165, 1.54) is 13.3 Å². The molecule has 1 saturated heterocycles. The van der Waals surface area contributed by atoms with Crippen LogP contribution in [0, 0.1) is 5.92 Å². The van der Waals surface area contributed by atoms with Crippen molar-refractivity contribution in [2.24, 2.45) is 11.7 Å². The number of nitrogens with two attached hydrogens (primary N) is 1. The maximum absolute atomic E-state index is 12.6. The number of carbonyl (C=O) groups is 2. The molecular formula is C14H25N3O2. The third-order valence-corrected chi connectivity index (χ3v) is 4.34. The monoisotopic (exact) mass is 267 g/mol. The Morgan fingerprint density at radius 3 is 2.74 bits per heavy atom. The molecule has 2 amide bonds. The molecule has 0 bridgehead atoms. The highest BCUT2D eigenvalue weighted by Crippen LogP contribution is 2.32. The minimum atomic E-state index is -0.678. The molecule has 1 aliphatic carbocycles. The van der Waals surface area contributed by atoms with E-state index in [-0.39, 0.29) is 17.9 Å². The molecule has 2 aliphatic rings. The molecule has 3 atom stereocenters. The molecule has 0 radical (unpaired) electrons. The van der Waals surface area contributed by atoms with Crippen molar-refractivity contribution in [1.82, 2.24) is 10.2 Å². The molecule has 0 aromatic heterocycles. The predicted molar refractivity (Wildman–Crippen MR) is 73.4 cm³/mol. The van der Waals surface area contributed by atoms with Gasteiger partial charge in [-0.1, -0.05) is 19.8 Å². The molecule has 1 aliphatic heterocycles. The molecule has 108 valence electrons. The molecule has 2 fully saturated rings. The fourth-order valence-corrected chi connectivity index (χ4v) is 3.45. The van der Waals surface area contributed by atoms with Crippen molar-refractivity contribution < 1.29 is 9.59 Å². The van der Waals surface area contributed by atoms with Crippen molar-refractivity contribution in [3.05, 3.63) is 0 Å². The molecule has 2 rings (SSSR count). The van der Waals surface area contributed by atoms with E-state index >= 15 is 0 Å². The Morgan fingerprint density at radius 2 is 2.11 bits per heavy atom. The first-order chi connectivity index (χ1) is 8.90. The lowest BCUT2D eigenvalue weighted by atomic mass is 9.76. The Kier molecular flexibility index (Phi) is 4.13. The number of hydrogen-bond acceptors (Lipinski definition) is 3. The summed E-state index contributed by atoms with van der Waals surface area (Å²) in [4.78, 5) is 25.5. The molecule has 5 heteroatoms. The van der Waals surface area contributed by atoms with Gasteiger partial charge in [0.1, 0.15) is 0 Å². The van der Waals surface area contributed by atoms with Crippen LogP contribution in [0.1, 0.15) is 46.0 Å². The van der Waals surface area contributed by atoms with Crippen LogP contribution in [0.4, 0.5) is 0 Å². The van der Waals surface area contributed by atoms with E-state index in [2.05, 4.69) is 12.2 Å². The van der Waals surface area contributed by atoms with Gasteiger partial charge in [0, 0.05) is 26.1 Å². The number of rotatable bonds is 2. The van der Waals surface area contributed by atoms with Crippen LogP contribution < -0.4 is 11.1 Å². The Labute approximate surface area is 114 Å². The first-order valence-electron chi connectivity index (χ1n) is 7.26. The van der Waals surface area contributed by atoms with E-state index in [1.807, 2.05) is 4.90 Å². The average Bonchev–Trinajstić information content (AvgIpc) is 2.75. The summed E-state index contributed by atoms with van der Waals surface area (Å²) in [6.07, 6.45) is 4.61. The number of hydrogen-bond donors (Lipinski definition) is 2. The second-order valence-electron chi connectivity index (χ2n) is 6.29. The number of likely N-dealkylation sites (tertiary alicyclic amines) is 1. The van der Waals surface area contributed by atoms with Crippen molar-refractivity contribution >= 4 is 11.8 Å². The number of nitrogens with one attached hydrogen (secondary N) is 1. The zero-order chi connectivity index (χ0) is 14.0. The molecular weight excluding hydrogens is 242 g/mol.